The number of alkyl halides is 1. The van der Waals surface area contributed by atoms with Crippen molar-refractivity contribution in [3.8, 4) is 0 Å². The van der Waals surface area contributed by atoms with E-state index in [4.69, 9.17) is 4.52 Å². The second-order valence-corrected chi connectivity index (χ2v) is 4.59. The number of aromatic nitrogens is 2. The van der Waals surface area contributed by atoms with Crippen LogP contribution in [0.1, 0.15) is 32.6 Å². The normalized spacial score (nSPS) is 19.1. The van der Waals surface area contributed by atoms with Crippen LogP contribution in [0.4, 0.5) is 10.3 Å². The van der Waals surface area contributed by atoms with Gasteiger partial charge in [0.15, 0.2) is 5.67 Å². The van der Waals surface area contributed by atoms with Gasteiger partial charge in [-0.05, 0) is 31.8 Å². The van der Waals surface area contributed by atoms with E-state index >= 15 is 0 Å². The van der Waals surface area contributed by atoms with Gasteiger partial charge in [-0.1, -0.05) is 0 Å². The van der Waals surface area contributed by atoms with Crippen LogP contribution in [0.5, 0.6) is 0 Å². The van der Waals surface area contributed by atoms with Gasteiger partial charge in [0.25, 0.3) is 11.8 Å². The van der Waals surface area contributed by atoms with Gasteiger partial charge in [0, 0.05) is 13.1 Å². The number of rotatable bonds is 2. The van der Waals surface area contributed by atoms with Crippen molar-refractivity contribution in [2.45, 2.75) is 38.5 Å². The first-order valence-electron chi connectivity index (χ1n) is 5.43. The summed E-state index contributed by atoms with van der Waals surface area (Å²) >= 11 is 0. The topological polar surface area (TPSA) is 62.4 Å². The molecule has 1 N–H and O–H groups in total. The van der Waals surface area contributed by atoms with Crippen LogP contribution in [0.2, 0.25) is 0 Å². The van der Waals surface area contributed by atoms with Crippen molar-refractivity contribution < 1.29 is 14.0 Å². The third kappa shape index (κ3) is 2.32. The minimum absolute atomic E-state index is 0.00591. The number of hydrogen-bond donors (Lipinski definition) is 1. The lowest BCUT2D eigenvalue weighted by molar-refractivity contribution is 0.145. The van der Waals surface area contributed by atoms with E-state index in [9.17, 15) is 9.50 Å². The van der Waals surface area contributed by atoms with Crippen LogP contribution in [-0.4, -0.2) is 34.4 Å². The first kappa shape index (κ1) is 11.3. The van der Waals surface area contributed by atoms with Crippen molar-refractivity contribution >= 4 is 5.95 Å². The maximum absolute atomic E-state index is 13.5. The average Bonchev–Trinajstić information content (AvgIpc) is 2.67. The third-order valence-corrected chi connectivity index (χ3v) is 2.67. The molecule has 1 aliphatic rings. The van der Waals surface area contributed by atoms with Gasteiger partial charge in [-0.25, -0.2) is 4.39 Å². The Balaban J connectivity index is 2.08. The highest BCUT2D eigenvalue weighted by Crippen LogP contribution is 2.25. The molecule has 0 unspecified atom stereocenters. The summed E-state index contributed by atoms with van der Waals surface area (Å²) in [4.78, 5) is 5.92. The molecule has 0 atom stereocenters. The lowest BCUT2D eigenvalue weighted by atomic mass is 10.1. The van der Waals surface area contributed by atoms with E-state index in [1.807, 2.05) is 4.90 Å². The summed E-state index contributed by atoms with van der Waals surface area (Å²) in [5, 5.41) is 13.1. The van der Waals surface area contributed by atoms with E-state index in [2.05, 4.69) is 10.1 Å². The van der Waals surface area contributed by atoms with E-state index in [0.29, 0.717) is 31.9 Å². The van der Waals surface area contributed by atoms with Gasteiger partial charge < -0.3 is 14.5 Å². The van der Waals surface area contributed by atoms with Gasteiger partial charge in [0.05, 0.1) is 6.10 Å². The molecule has 0 aromatic carbocycles. The van der Waals surface area contributed by atoms with Gasteiger partial charge in [-0.15, -0.1) is 0 Å². The number of aliphatic hydroxyl groups is 1. The summed E-state index contributed by atoms with van der Waals surface area (Å²) in [6.07, 6.45) is 1.12. The van der Waals surface area contributed by atoms with E-state index in [0.717, 1.165) is 0 Å². The predicted octanol–water partition coefficient (Wildman–Crippen LogP) is 1.24. The zero-order chi connectivity index (χ0) is 11.8. The van der Waals surface area contributed by atoms with Crippen molar-refractivity contribution in [3.05, 3.63) is 5.89 Å². The van der Waals surface area contributed by atoms with Crippen molar-refractivity contribution in [2.24, 2.45) is 0 Å². The van der Waals surface area contributed by atoms with E-state index in [1.165, 1.54) is 13.8 Å². The largest absolute Gasteiger partial charge is 0.393 e. The monoisotopic (exact) mass is 229 g/mol. The summed E-state index contributed by atoms with van der Waals surface area (Å²) in [7, 11) is 0. The molecule has 0 spiro atoms. The van der Waals surface area contributed by atoms with Crippen LogP contribution in [0.3, 0.4) is 0 Å². The highest BCUT2D eigenvalue weighted by Gasteiger charge is 2.29. The van der Waals surface area contributed by atoms with Crippen LogP contribution >= 0.6 is 0 Å². The number of piperidine rings is 1. The molecule has 1 aromatic heterocycles. The summed E-state index contributed by atoms with van der Waals surface area (Å²) < 4.78 is 18.4. The van der Waals surface area contributed by atoms with Gasteiger partial charge in [-0.3, -0.25) is 0 Å². The number of hydrogen-bond acceptors (Lipinski definition) is 5. The molecule has 2 heterocycles. The molecule has 2 rings (SSSR count). The summed E-state index contributed by atoms with van der Waals surface area (Å²) in [6.45, 7) is 4.11. The quantitative estimate of drug-likeness (QED) is 0.826. The number of aliphatic hydroxyl groups excluding tert-OH is 1. The summed E-state index contributed by atoms with van der Waals surface area (Å²) in [6, 6.07) is 0. The SMILES string of the molecule is CC(C)(F)c1nc(N2CCC(O)CC2)no1. The second-order valence-electron chi connectivity index (χ2n) is 4.59. The third-order valence-electron chi connectivity index (χ3n) is 2.67. The number of halogens is 1. The molecule has 0 aliphatic carbocycles. The van der Waals surface area contributed by atoms with Crippen LogP contribution in [-0.2, 0) is 5.67 Å². The Kier molecular flexibility index (Phi) is 2.84. The van der Waals surface area contributed by atoms with E-state index in [1.54, 1.807) is 0 Å². The maximum Gasteiger partial charge on any atom is 0.266 e. The fourth-order valence-electron chi connectivity index (χ4n) is 1.65. The highest BCUT2D eigenvalue weighted by molar-refractivity contribution is 5.29. The maximum atomic E-state index is 13.5. The zero-order valence-corrected chi connectivity index (χ0v) is 9.48. The molecule has 1 fully saturated rings. The Hall–Kier alpha value is -1.17. The minimum atomic E-state index is -1.61. The number of nitrogens with zero attached hydrogens (tertiary/aromatic N) is 3. The molecule has 6 heteroatoms. The summed E-state index contributed by atoms with van der Waals surface area (Å²) in [5.74, 6) is 0.404. The Bertz CT molecular complexity index is 353. The van der Waals surface area contributed by atoms with Crippen molar-refractivity contribution in [1.82, 2.24) is 10.1 Å². The average molecular weight is 229 g/mol. The smallest absolute Gasteiger partial charge is 0.266 e. The van der Waals surface area contributed by atoms with Crippen molar-refractivity contribution in [3.63, 3.8) is 0 Å². The van der Waals surface area contributed by atoms with Crippen LogP contribution < -0.4 is 4.90 Å². The van der Waals surface area contributed by atoms with Crippen molar-refractivity contribution in [2.75, 3.05) is 18.0 Å². The molecule has 90 valence electrons. The Morgan fingerprint density at radius 1 is 1.44 bits per heavy atom. The predicted molar refractivity (Wildman–Crippen MR) is 55.9 cm³/mol. The molecule has 1 aromatic rings. The molecular formula is C10H16FN3O2. The molecule has 5 nitrogen and oxygen atoms in total. The molecular weight excluding hydrogens is 213 g/mol. The molecule has 0 saturated carbocycles. The first-order chi connectivity index (χ1) is 7.47. The molecule has 0 radical (unpaired) electrons. The Morgan fingerprint density at radius 3 is 2.56 bits per heavy atom. The zero-order valence-electron chi connectivity index (χ0n) is 9.48. The van der Waals surface area contributed by atoms with E-state index in [-0.39, 0.29) is 12.0 Å². The fraction of sp³-hybridized carbons (Fsp3) is 0.800. The van der Waals surface area contributed by atoms with Gasteiger partial charge >= 0.3 is 0 Å². The first-order valence-corrected chi connectivity index (χ1v) is 5.43. The molecule has 16 heavy (non-hydrogen) atoms. The summed E-state index contributed by atoms with van der Waals surface area (Å²) in [5.41, 5.74) is -1.61. The fourth-order valence-corrected chi connectivity index (χ4v) is 1.65. The van der Waals surface area contributed by atoms with Crippen LogP contribution in [0.25, 0.3) is 0 Å². The van der Waals surface area contributed by atoms with Crippen LogP contribution in [0, 0.1) is 0 Å². The second kappa shape index (κ2) is 4.01. The van der Waals surface area contributed by atoms with E-state index < -0.39 is 5.67 Å². The standard InChI is InChI=1S/C10H16FN3O2/c1-10(2,11)8-12-9(13-16-8)14-5-3-7(15)4-6-14/h7,15H,3-6H2,1-2H3. The molecule has 1 aliphatic heterocycles. The molecule has 1 saturated heterocycles. The lowest BCUT2D eigenvalue weighted by Crippen LogP contribution is -2.36. The Labute approximate surface area is 93.2 Å². The highest BCUT2D eigenvalue weighted by atomic mass is 19.1. The lowest BCUT2D eigenvalue weighted by Gasteiger charge is -2.27. The number of anilines is 1. The van der Waals surface area contributed by atoms with Gasteiger partial charge in [0.1, 0.15) is 0 Å². The molecule has 0 amide bonds. The van der Waals surface area contributed by atoms with Crippen molar-refractivity contribution in [1.29, 1.82) is 0 Å². The van der Waals surface area contributed by atoms with Gasteiger partial charge in [0.2, 0.25) is 0 Å². The Morgan fingerprint density at radius 2 is 2.06 bits per heavy atom. The minimum Gasteiger partial charge on any atom is -0.393 e. The molecule has 0 bridgehead atoms. The van der Waals surface area contributed by atoms with Gasteiger partial charge in [-0.2, -0.15) is 4.98 Å². The van der Waals surface area contributed by atoms with Crippen LogP contribution in [0.15, 0.2) is 4.52 Å².